The standard InChI is InChI=1S/C38H42O10/c1-4-35(39)45-25-10-7-6-9-23-43-31-17-13-29(14-18-31)37(41)47-33-21-22-34(28(3)27-33)48-38(42)30-15-19-32(20-16-30)44-24-11-8-12-26-46-36(40)5-2/h4-5,13-22,27H,1-2,6-12,23-26H2,3H3. The van der Waals surface area contributed by atoms with Crippen LogP contribution < -0.4 is 18.9 Å². The van der Waals surface area contributed by atoms with Crippen LogP contribution in [0.1, 0.15) is 71.2 Å². The molecule has 0 heterocycles. The zero-order chi connectivity index (χ0) is 34.6. The Labute approximate surface area is 281 Å². The number of benzene rings is 3. The van der Waals surface area contributed by atoms with E-state index in [0.717, 1.165) is 57.1 Å². The van der Waals surface area contributed by atoms with Crippen LogP contribution in [0.15, 0.2) is 92.0 Å². The molecule has 48 heavy (non-hydrogen) atoms. The molecule has 10 nitrogen and oxygen atoms in total. The van der Waals surface area contributed by atoms with Gasteiger partial charge < -0.3 is 28.4 Å². The summed E-state index contributed by atoms with van der Waals surface area (Å²) in [4.78, 5) is 47.5. The molecule has 0 bridgehead atoms. The highest BCUT2D eigenvalue weighted by molar-refractivity contribution is 5.92. The van der Waals surface area contributed by atoms with Crippen molar-refractivity contribution in [1.82, 2.24) is 0 Å². The molecule has 0 saturated carbocycles. The van der Waals surface area contributed by atoms with Gasteiger partial charge in [-0.15, -0.1) is 0 Å². The van der Waals surface area contributed by atoms with Crippen molar-refractivity contribution in [2.24, 2.45) is 0 Å². The van der Waals surface area contributed by atoms with Crippen LogP contribution in [0, 0.1) is 6.92 Å². The molecule has 0 amide bonds. The first kappa shape index (κ1) is 37.1. The van der Waals surface area contributed by atoms with E-state index < -0.39 is 23.9 Å². The second-order valence-corrected chi connectivity index (χ2v) is 10.7. The minimum atomic E-state index is -0.530. The molecule has 0 aromatic heterocycles. The number of aryl methyl sites for hydroxylation is 1. The summed E-state index contributed by atoms with van der Waals surface area (Å²) in [7, 11) is 0. The van der Waals surface area contributed by atoms with Gasteiger partial charge in [0.1, 0.15) is 23.0 Å². The lowest BCUT2D eigenvalue weighted by atomic mass is 10.2. The Balaban J connectivity index is 1.37. The molecule has 10 heteroatoms. The van der Waals surface area contributed by atoms with Gasteiger partial charge in [-0.05, 0) is 124 Å². The van der Waals surface area contributed by atoms with Crippen LogP contribution in [0.25, 0.3) is 0 Å². The molecule has 0 aliphatic rings. The smallest absolute Gasteiger partial charge is 0.343 e. The van der Waals surface area contributed by atoms with E-state index >= 15 is 0 Å². The zero-order valence-electron chi connectivity index (χ0n) is 27.3. The summed E-state index contributed by atoms with van der Waals surface area (Å²) in [5, 5.41) is 0. The van der Waals surface area contributed by atoms with Gasteiger partial charge in [0.25, 0.3) is 0 Å². The Kier molecular flexibility index (Phi) is 16.0. The van der Waals surface area contributed by atoms with Crippen molar-refractivity contribution in [1.29, 1.82) is 0 Å². The topological polar surface area (TPSA) is 124 Å². The van der Waals surface area contributed by atoms with Crippen LogP contribution in [0.2, 0.25) is 0 Å². The summed E-state index contributed by atoms with van der Waals surface area (Å²) in [6.45, 7) is 10.2. The lowest BCUT2D eigenvalue weighted by Crippen LogP contribution is -2.10. The highest BCUT2D eigenvalue weighted by Crippen LogP contribution is 2.26. The van der Waals surface area contributed by atoms with Crippen LogP contribution in [0.5, 0.6) is 23.0 Å². The average molecular weight is 659 g/mol. The largest absolute Gasteiger partial charge is 0.494 e. The fourth-order valence-electron chi connectivity index (χ4n) is 4.28. The molecule has 0 fully saturated rings. The minimum absolute atomic E-state index is 0.316. The molecular formula is C38H42O10. The third-order valence-corrected chi connectivity index (χ3v) is 6.93. The van der Waals surface area contributed by atoms with Crippen LogP contribution in [0.3, 0.4) is 0 Å². The van der Waals surface area contributed by atoms with Gasteiger partial charge in [0.15, 0.2) is 0 Å². The predicted molar refractivity (Wildman–Crippen MR) is 180 cm³/mol. The first-order valence-electron chi connectivity index (χ1n) is 15.9. The van der Waals surface area contributed by atoms with Crippen molar-refractivity contribution < 1.29 is 47.6 Å². The molecule has 0 N–H and O–H groups in total. The maximum absolute atomic E-state index is 12.7. The summed E-state index contributed by atoms with van der Waals surface area (Å²) in [6.07, 6.45) is 8.18. The summed E-state index contributed by atoms with van der Waals surface area (Å²) in [5.41, 5.74) is 1.34. The number of unbranched alkanes of at least 4 members (excludes halogenated alkanes) is 5. The highest BCUT2D eigenvalue weighted by atomic mass is 16.5. The first-order valence-corrected chi connectivity index (χ1v) is 15.9. The molecule has 0 spiro atoms. The van der Waals surface area contributed by atoms with Crippen molar-refractivity contribution >= 4 is 23.9 Å². The van der Waals surface area contributed by atoms with Crippen LogP contribution in [0.4, 0.5) is 0 Å². The number of hydrogen-bond donors (Lipinski definition) is 0. The van der Waals surface area contributed by atoms with Gasteiger partial charge in [-0.25, -0.2) is 19.2 Å². The van der Waals surface area contributed by atoms with Gasteiger partial charge in [-0.2, -0.15) is 0 Å². The van der Waals surface area contributed by atoms with Gasteiger partial charge in [-0.1, -0.05) is 13.2 Å². The Morgan fingerprint density at radius 2 is 0.958 bits per heavy atom. The van der Waals surface area contributed by atoms with Crippen molar-refractivity contribution in [3.63, 3.8) is 0 Å². The Morgan fingerprint density at radius 3 is 1.42 bits per heavy atom. The number of esters is 4. The number of rotatable bonds is 21. The quantitative estimate of drug-likeness (QED) is 0.0496. The Hall–Kier alpha value is -5.38. The molecule has 0 atom stereocenters. The van der Waals surface area contributed by atoms with Crippen molar-refractivity contribution in [3.05, 3.63) is 109 Å². The van der Waals surface area contributed by atoms with E-state index in [2.05, 4.69) is 13.2 Å². The van der Waals surface area contributed by atoms with Crippen molar-refractivity contribution in [2.75, 3.05) is 26.4 Å². The third-order valence-electron chi connectivity index (χ3n) is 6.93. The van der Waals surface area contributed by atoms with Gasteiger partial charge in [0.05, 0.1) is 37.6 Å². The fraction of sp³-hybridized carbons (Fsp3) is 0.316. The maximum Gasteiger partial charge on any atom is 0.343 e. The second-order valence-electron chi connectivity index (χ2n) is 10.7. The maximum atomic E-state index is 12.7. The number of hydrogen-bond acceptors (Lipinski definition) is 10. The molecule has 0 unspecified atom stereocenters. The number of ether oxygens (including phenoxy) is 6. The molecule has 3 aromatic carbocycles. The van der Waals surface area contributed by atoms with Gasteiger partial charge >= 0.3 is 23.9 Å². The minimum Gasteiger partial charge on any atom is -0.494 e. The summed E-state index contributed by atoms with van der Waals surface area (Å²) in [5.74, 6) is 0.0444. The number of carbonyl (C=O) groups is 4. The van der Waals surface area contributed by atoms with E-state index in [1.54, 1.807) is 73.7 Å². The summed E-state index contributed by atoms with van der Waals surface area (Å²) in [6, 6.07) is 18.1. The van der Waals surface area contributed by atoms with E-state index in [1.165, 1.54) is 0 Å². The molecule has 254 valence electrons. The van der Waals surface area contributed by atoms with Crippen LogP contribution in [-0.2, 0) is 19.1 Å². The van der Waals surface area contributed by atoms with Gasteiger partial charge in [0, 0.05) is 12.2 Å². The molecule has 0 radical (unpaired) electrons. The zero-order valence-corrected chi connectivity index (χ0v) is 27.3. The summed E-state index contributed by atoms with van der Waals surface area (Å²) < 4.78 is 32.4. The molecule has 3 aromatic rings. The van der Waals surface area contributed by atoms with Gasteiger partial charge in [-0.3, -0.25) is 0 Å². The fourth-order valence-corrected chi connectivity index (χ4v) is 4.28. The molecule has 0 aliphatic carbocycles. The van der Waals surface area contributed by atoms with Crippen molar-refractivity contribution in [3.8, 4) is 23.0 Å². The lowest BCUT2D eigenvalue weighted by molar-refractivity contribution is -0.138. The van der Waals surface area contributed by atoms with Crippen molar-refractivity contribution in [2.45, 2.75) is 51.9 Å². The van der Waals surface area contributed by atoms with Crippen LogP contribution >= 0.6 is 0 Å². The highest BCUT2D eigenvalue weighted by Gasteiger charge is 2.14. The van der Waals surface area contributed by atoms with E-state index in [-0.39, 0.29) is 0 Å². The normalized spacial score (nSPS) is 10.4. The Morgan fingerprint density at radius 1 is 0.542 bits per heavy atom. The SMILES string of the molecule is C=CC(=O)OCCCCCCOc1ccc(C(=O)Oc2ccc(OC(=O)c3ccc(OCCCCCOC(=O)C=C)cc3)c(C)c2)cc1. The molecule has 0 saturated heterocycles. The van der Waals surface area contributed by atoms with E-state index in [9.17, 15) is 19.2 Å². The van der Waals surface area contributed by atoms with E-state index in [4.69, 9.17) is 28.4 Å². The van der Waals surface area contributed by atoms with Crippen LogP contribution in [-0.4, -0.2) is 50.3 Å². The monoisotopic (exact) mass is 658 g/mol. The molecular weight excluding hydrogens is 616 g/mol. The van der Waals surface area contributed by atoms with E-state index in [1.807, 2.05) is 0 Å². The molecule has 0 aliphatic heterocycles. The third kappa shape index (κ3) is 13.5. The molecule has 3 rings (SSSR count). The predicted octanol–water partition coefficient (Wildman–Crippen LogP) is 7.38. The number of carbonyl (C=O) groups excluding carboxylic acids is 4. The first-order chi connectivity index (χ1) is 23.3. The Bertz CT molecular complexity index is 1510. The average Bonchev–Trinajstić information content (AvgIpc) is 3.10. The van der Waals surface area contributed by atoms with Gasteiger partial charge in [0.2, 0.25) is 0 Å². The van der Waals surface area contributed by atoms with E-state index in [0.29, 0.717) is 66.1 Å². The lowest BCUT2D eigenvalue weighted by Gasteiger charge is -2.11. The summed E-state index contributed by atoms with van der Waals surface area (Å²) >= 11 is 0. The second kappa shape index (κ2) is 20.7.